The van der Waals surface area contributed by atoms with E-state index in [1.165, 1.54) is 16.7 Å². The Morgan fingerprint density at radius 1 is 0.545 bits per heavy atom. The maximum absolute atomic E-state index is 2.30. The van der Waals surface area contributed by atoms with Crippen LogP contribution in [0.3, 0.4) is 0 Å². The Bertz CT molecular complexity index is 628. The summed E-state index contributed by atoms with van der Waals surface area (Å²) in [4.78, 5) is 0. The largest absolute Gasteiger partial charge is 0.0901 e. The van der Waals surface area contributed by atoms with Gasteiger partial charge in [0.05, 0.1) is 5.41 Å². The Morgan fingerprint density at radius 3 is 1.14 bits per heavy atom. The van der Waals surface area contributed by atoms with Crippen molar-refractivity contribution in [2.75, 3.05) is 0 Å². The van der Waals surface area contributed by atoms with Crippen LogP contribution in [0.4, 0.5) is 0 Å². The van der Waals surface area contributed by atoms with Gasteiger partial charge in [-0.25, -0.2) is 0 Å². The lowest BCUT2D eigenvalue weighted by molar-refractivity contribution is 0.777. The van der Waals surface area contributed by atoms with Crippen LogP contribution in [-0.2, 0) is 5.41 Å². The maximum Gasteiger partial charge on any atom is 0.0632 e. The molecule has 0 unspecified atom stereocenters. The van der Waals surface area contributed by atoms with Gasteiger partial charge in [-0.15, -0.1) is 0 Å². The Morgan fingerprint density at radius 2 is 0.864 bits per heavy atom. The van der Waals surface area contributed by atoms with E-state index in [4.69, 9.17) is 0 Å². The van der Waals surface area contributed by atoms with Crippen LogP contribution in [0, 0.1) is 0 Å². The smallest absolute Gasteiger partial charge is 0.0632 e. The molecule has 0 heteroatoms. The van der Waals surface area contributed by atoms with Crippen LogP contribution in [0.15, 0.2) is 103 Å². The molecule has 0 amide bonds. The van der Waals surface area contributed by atoms with Crippen LogP contribution in [-0.4, -0.2) is 0 Å². The zero-order chi connectivity index (χ0) is 15.3. The normalized spacial score (nSPS) is 11.7. The highest BCUT2D eigenvalue weighted by atomic mass is 14.3. The Hall–Kier alpha value is -2.60. The molecule has 0 bridgehead atoms. The van der Waals surface area contributed by atoms with E-state index in [0.29, 0.717) is 0 Å². The second-order valence-electron chi connectivity index (χ2n) is 5.41. The first-order valence-corrected chi connectivity index (χ1v) is 7.68. The van der Waals surface area contributed by atoms with Gasteiger partial charge in [0.2, 0.25) is 0 Å². The molecular weight excluding hydrogens is 264 g/mol. The molecule has 22 heavy (non-hydrogen) atoms. The molecule has 0 fully saturated rings. The summed E-state index contributed by atoms with van der Waals surface area (Å²) in [6.07, 6.45) is 4.44. The third-order valence-electron chi connectivity index (χ3n) is 4.10. The summed E-state index contributed by atoms with van der Waals surface area (Å²) in [5.41, 5.74) is 3.60. The Balaban J connectivity index is 2.34. The molecule has 3 aromatic rings. The SMILES string of the molecule is CC=CC(c1ccccc1)(c1ccccc1)c1ccccc1. The predicted molar refractivity (Wildman–Crippen MR) is 94.0 cm³/mol. The molecule has 0 aliphatic heterocycles. The first kappa shape index (κ1) is 14.3. The fourth-order valence-corrected chi connectivity index (χ4v) is 3.14. The van der Waals surface area contributed by atoms with Crippen LogP contribution in [0.25, 0.3) is 0 Å². The van der Waals surface area contributed by atoms with Crippen molar-refractivity contribution in [2.45, 2.75) is 12.3 Å². The summed E-state index contributed by atoms with van der Waals surface area (Å²) in [6.45, 7) is 2.09. The van der Waals surface area contributed by atoms with Gasteiger partial charge in [-0.2, -0.15) is 0 Å². The molecule has 0 N–H and O–H groups in total. The molecule has 0 aliphatic rings. The van der Waals surface area contributed by atoms with E-state index in [9.17, 15) is 0 Å². The van der Waals surface area contributed by atoms with Crippen molar-refractivity contribution in [2.24, 2.45) is 0 Å². The number of benzene rings is 3. The number of hydrogen-bond donors (Lipinski definition) is 0. The quantitative estimate of drug-likeness (QED) is 0.432. The van der Waals surface area contributed by atoms with Gasteiger partial charge in [0, 0.05) is 0 Å². The summed E-state index contributed by atoms with van der Waals surface area (Å²) < 4.78 is 0. The Kier molecular flexibility index (Phi) is 4.20. The van der Waals surface area contributed by atoms with E-state index >= 15 is 0 Å². The van der Waals surface area contributed by atoms with Gasteiger partial charge in [0.15, 0.2) is 0 Å². The second kappa shape index (κ2) is 6.44. The Labute approximate surface area is 132 Å². The zero-order valence-corrected chi connectivity index (χ0v) is 12.8. The van der Waals surface area contributed by atoms with E-state index in [2.05, 4.69) is 110 Å². The third kappa shape index (κ3) is 2.48. The highest BCUT2D eigenvalue weighted by molar-refractivity contribution is 5.54. The van der Waals surface area contributed by atoms with Crippen molar-refractivity contribution in [3.8, 4) is 0 Å². The summed E-state index contributed by atoms with van der Waals surface area (Å²) in [7, 11) is 0. The fourth-order valence-electron chi connectivity index (χ4n) is 3.14. The lowest BCUT2D eigenvalue weighted by Crippen LogP contribution is -2.26. The van der Waals surface area contributed by atoms with E-state index < -0.39 is 0 Å². The average molecular weight is 284 g/mol. The first-order valence-electron chi connectivity index (χ1n) is 7.68. The van der Waals surface area contributed by atoms with Crippen LogP contribution >= 0.6 is 0 Å². The standard InChI is InChI=1S/C22H20/c1-2-18-22(19-12-6-3-7-13-19,20-14-8-4-9-15-20)21-16-10-5-11-17-21/h2-18H,1H3. The molecule has 0 aliphatic carbocycles. The molecule has 0 heterocycles. The molecule has 0 nitrogen and oxygen atoms in total. The van der Waals surface area contributed by atoms with Crippen molar-refractivity contribution < 1.29 is 0 Å². The van der Waals surface area contributed by atoms with Crippen molar-refractivity contribution in [1.82, 2.24) is 0 Å². The van der Waals surface area contributed by atoms with Gasteiger partial charge in [-0.3, -0.25) is 0 Å². The first-order chi connectivity index (χ1) is 10.9. The lowest BCUT2D eigenvalue weighted by atomic mass is 9.69. The topological polar surface area (TPSA) is 0 Å². The molecule has 0 aromatic heterocycles. The minimum Gasteiger partial charge on any atom is -0.0901 e. The van der Waals surface area contributed by atoms with Crippen LogP contribution in [0.1, 0.15) is 23.6 Å². The minimum absolute atomic E-state index is 0.251. The highest BCUT2D eigenvalue weighted by Crippen LogP contribution is 2.40. The van der Waals surface area contributed by atoms with Crippen molar-refractivity contribution >= 4 is 0 Å². The summed E-state index contributed by atoms with van der Waals surface area (Å²) >= 11 is 0. The number of rotatable bonds is 4. The molecule has 0 radical (unpaired) electrons. The molecule has 0 saturated carbocycles. The monoisotopic (exact) mass is 284 g/mol. The summed E-state index contributed by atoms with van der Waals surface area (Å²) in [5.74, 6) is 0. The van der Waals surface area contributed by atoms with Gasteiger partial charge in [0.25, 0.3) is 0 Å². The summed E-state index contributed by atoms with van der Waals surface area (Å²) in [6, 6.07) is 32.1. The van der Waals surface area contributed by atoms with Gasteiger partial charge in [-0.05, 0) is 23.6 Å². The third-order valence-corrected chi connectivity index (χ3v) is 4.10. The maximum atomic E-state index is 2.30. The second-order valence-corrected chi connectivity index (χ2v) is 5.41. The molecule has 0 atom stereocenters. The van der Waals surface area contributed by atoms with Crippen LogP contribution in [0.5, 0.6) is 0 Å². The van der Waals surface area contributed by atoms with Gasteiger partial charge < -0.3 is 0 Å². The van der Waals surface area contributed by atoms with E-state index in [0.717, 1.165) is 0 Å². The number of hydrogen-bond acceptors (Lipinski definition) is 0. The average Bonchev–Trinajstić information content (AvgIpc) is 2.62. The lowest BCUT2D eigenvalue weighted by Gasteiger charge is -2.33. The molecule has 108 valence electrons. The van der Waals surface area contributed by atoms with Crippen molar-refractivity contribution in [3.05, 3.63) is 120 Å². The minimum atomic E-state index is -0.251. The fraction of sp³-hybridized carbons (Fsp3) is 0.0909. The summed E-state index contributed by atoms with van der Waals surface area (Å²) in [5, 5.41) is 0. The van der Waals surface area contributed by atoms with Gasteiger partial charge >= 0.3 is 0 Å². The molecule has 3 rings (SSSR count). The van der Waals surface area contributed by atoms with Crippen LogP contribution < -0.4 is 0 Å². The zero-order valence-electron chi connectivity index (χ0n) is 12.8. The van der Waals surface area contributed by atoms with E-state index in [-0.39, 0.29) is 5.41 Å². The van der Waals surface area contributed by atoms with E-state index in [1.54, 1.807) is 0 Å². The van der Waals surface area contributed by atoms with Gasteiger partial charge in [0.1, 0.15) is 0 Å². The van der Waals surface area contributed by atoms with Crippen molar-refractivity contribution in [3.63, 3.8) is 0 Å². The molecule has 0 spiro atoms. The van der Waals surface area contributed by atoms with Crippen molar-refractivity contribution in [1.29, 1.82) is 0 Å². The number of allylic oxidation sites excluding steroid dienone is 2. The van der Waals surface area contributed by atoms with E-state index in [1.807, 2.05) is 0 Å². The molecule has 3 aromatic carbocycles. The van der Waals surface area contributed by atoms with Crippen LogP contribution in [0.2, 0.25) is 0 Å². The van der Waals surface area contributed by atoms with Gasteiger partial charge in [-0.1, -0.05) is 103 Å². The highest BCUT2D eigenvalue weighted by Gasteiger charge is 2.33. The molecular formula is C22H20. The molecule has 0 saturated heterocycles. The predicted octanol–water partition coefficient (Wildman–Crippen LogP) is 5.60.